The van der Waals surface area contributed by atoms with Crippen LogP contribution in [0.4, 0.5) is 5.95 Å². The summed E-state index contributed by atoms with van der Waals surface area (Å²) < 4.78 is 5.32. The Kier molecular flexibility index (Phi) is 6.43. The van der Waals surface area contributed by atoms with Gasteiger partial charge in [-0.1, -0.05) is 26.7 Å². The van der Waals surface area contributed by atoms with Crippen molar-refractivity contribution in [2.24, 2.45) is 11.7 Å². The number of nitrogens with two attached hydrogens (primary N) is 1. The summed E-state index contributed by atoms with van der Waals surface area (Å²) in [4.78, 5) is 8.39. The van der Waals surface area contributed by atoms with Gasteiger partial charge in [-0.25, -0.2) is 4.98 Å². The van der Waals surface area contributed by atoms with Gasteiger partial charge in [0.2, 0.25) is 11.8 Å². The second kappa shape index (κ2) is 7.87. The lowest BCUT2D eigenvalue weighted by Gasteiger charge is -2.21. The second-order valence-corrected chi connectivity index (χ2v) is 4.27. The summed E-state index contributed by atoms with van der Waals surface area (Å²) in [5, 5.41) is 3.17. The molecule has 1 heterocycles. The molecular weight excluding hydrogens is 228 g/mol. The number of hydrogen-bond donors (Lipinski definition) is 2. The summed E-state index contributed by atoms with van der Waals surface area (Å²) in [5.41, 5.74) is 6.13. The van der Waals surface area contributed by atoms with Crippen LogP contribution in [0.3, 0.4) is 0 Å². The molecule has 1 rings (SSSR count). The van der Waals surface area contributed by atoms with E-state index >= 15 is 0 Å². The molecule has 5 nitrogen and oxygen atoms in total. The molecule has 0 aliphatic heterocycles. The van der Waals surface area contributed by atoms with Crippen molar-refractivity contribution in [3.05, 3.63) is 12.3 Å². The number of rotatable bonds is 8. The lowest BCUT2D eigenvalue weighted by atomic mass is 9.95. The Morgan fingerprint density at radius 2 is 2.06 bits per heavy atom. The Labute approximate surface area is 109 Å². The van der Waals surface area contributed by atoms with Gasteiger partial charge in [-0.3, -0.25) is 0 Å². The number of nitrogens with one attached hydrogen (secondary N) is 1. The average molecular weight is 252 g/mol. The van der Waals surface area contributed by atoms with E-state index < -0.39 is 0 Å². The Hall–Kier alpha value is -1.36. The van der Waals surface area contributed by atoms with Crippen molar-refractivity contribution in [1.29, 1.82) is 0 Å². The molecule has 0 fully saturated rings. The fourth-order valence-corrected chi connectivity index (χ4v) is 1.93. The first-order valence-electron chi connectivity index (χ1n) is 6.66. The molecule has 1 atom stereocenters. The van der Waals surface area contributed by atoms with Crippen LogP contribution in [0.5, 0.6) is 5.88 Å². The highest BCUT2D eigenvalue weighted by Gasteiger charge is 2.13. The summed E-state index contributed by atoms with van der Waals surface area (Å²) >= 11 is 0. The molecule has 0 aliphatic rings. The van der Waals surface area contributed by atoms with Crippen molar-refractivity contribution < 1.29 is 4.74 Å². The van der Waals surface area contributed by atoms with E-state index in [0.717, 1.165) is 12.8 Å². The normalized spacial score (nSPS) is 12.5. The lowest BCUT2D eigenvalue weighted by molar-refractivity contribution is 0.326. The van der Waals surface area contributed by atoms with Crippen LogP contribution in [0.1, 0.15) is 33.6 Å². The first-order chi connectivity index (χ1) is 8.71. The summed E-state index contributed by atoms with van der Waals surface area (Å²) in [7, 11) is 0. The molecule has 0 aliphatic carbocycles. The predicted molar refractivity (Wildman–Crippen MR) is 73.7 cm³/mol. The van der Waals surface area contributed by atoms with Gasteiger partial charge >= 0.3 is 0 Å². The number of hydrogen-bond acceptors (Lipinski definition) is 5. The maximum atomic E-state index is 6.13. The highest BCUT2D eigenvalue weighted by Crippen LogP contribution is 2.12. The highest BCUT2D eigenvalue weighted by molar-refractivity contribution is 5.27. The molecule has 1 aromatic heterocycles. The zero-order chi connectivity index (χ0) is 13.4. The Balaban J connectivity index is 2.49. The standard InChI is InChI=1S/C13H24N4O/c1-4-10(5-2)11(14)9-16-13-15-8-7-12(17-13)18-6-3/h7-8,10-11H,4-6,9,14H2,1-3H3,(H,15,16,17). The van der Waals surface area contributed by atoms with E-state index in [2.05, 4.69) is 29.1 Å². The van der Waals surface area contributed by atoms with Gasteiger partial charge in [0.15, 0.2) is 0 Å². The maximum absolute atomic E-state index is 6.13. The summed E-state index contributed by atoms with van der Waals surface area (Å²) in [6.07, 6.45) is 3.88. The Morgan fingerprint density at radius 3 is 2.67 bits per heavy atom. The van der Waals surface area contributed by atoms with Crippen LogP contribution in [-0.4, -0.2) is 29.2 Å². The van der Waals surface area contributed by atoms with Crippen molar-refractivity contribution in [2.75, 3.05) is 18.5 Å². The van der Waals surface area contributed by atoms with Gasteiger partial charge in [0.1, 0.15) is 0 Å². The summed E-state index contributed by atoms with van der Waals surface area (Å²) in [6.45, 7) is 7.55. The lowest BCUT2D eigenvalue weighted by Crippen LogP contribution is -2.36. The third-order valence-electron chi connectivity index (χ3n) is 3.07. The third-order valence-corrected chi connectivity index (χ3v) is 3.07. The fraction of sp³-hybridized carbons (Fsp3) is 0.692. The minimum absolute atomic E-state index is 0.124. The SMILES string of the molecule is CCOc1ccnc(NCC(N)C(CC)CC)n1. The largest absolute Gasteiger partial charge is 0.478 e. The topological polar surface area (TPSA) is 73.1 Å². The van der Waals surface area contributed by atoms with E-state index in [4.69, 9.17) is 10.5 Å². The first kappa shape index (κ1) is 14.7. The molecule has 5 heteroatoms. The number of nitrogens with zero attached hydrogens (tertiary/aromatic N) is 2. The van der Waals surface area contributed by atoms with Gasteiger partial charge in [-0.2, -0.15) is 4.98 Å². The Morgan fingerprint density at radius 1 is 1.33 bits per heavy atom. The molecule has 3 N–H and O–H groups in total. The quantitative estimate of drug-likeness (QED) is 0.740. The van der Waals surface area contributed by atoms with Gasteiger partial charge in [0.05, 0.1) is 6.61 Å². The van der Waals surface area contributed by atoms with Crippen LogP contribution in [-0.2, 0) is 0 Å². The Bertz CT molecular complexity index is 342. The predicted octanol–water partition coefficient (Wildman–Crippen LogP) is 2.05. The molecule has 102 valence electrons. The van der Waals surface area contributed by atoms with Crippen LogP contribution in [0.15, 0.2) is 12.3 Å². The van der Waals surface area contributed by atoms with Gasteiger partial charge < -0.3 is 15.8 Å². The van der Waals surface area contributed by atoms with E-state index in [9.17, 15) is 0 Å². The van der Waals surface area contributed by atoms with Gasteiger partial charge in [-0.15, -0.1) is 0 Å². The monoisotopic (exact) mass is 252 g/mol. The first-order valence-corrected chi connectivity index (χ1v) is 6.66. The van der Waals surface area contributed by atoms with Crippen LogP contribution in [0, 0.1) is 5.92 Å². The second-order valence-electron chi connectivity index (χ2n) is 4.27. The summed E-state index contributed by atoms with van der Waals surface area (Å²) in [5.74, 6) is 1.70. The molecule has 1 unspecified atom stereocenters. The molecule has 0 spiro atoms. The van der Waals surface area contributed by atoms with E-state index in [1.165, 1.54) is 0 Å². The molecule has 1 aromatic rings. The zero-order valence-electron chi connectivity index (χ0n) is 11.5. The summed E-state index contributed by atoms with van der Waals surface area (Å²) in [6, 6.07) is 1.87. The van der Waals surface area contributed by atoms with Gasteiger partial charge in [0.25, 0.3) is 0 Å². The van der Waals surface area contributed by atoms with Crippen molar-refractivity contribution in [3.8, 4) is 5.88 Å². The highest BCUT2D eigenvalue weighted by atomic mass is 16.5. The van der Waals surface area contributed by atoms with Gasteiger partial charge in [0, 0.05) is 24.8 Å². The van der Waals surface area contributed by atoms with E-state index in [1.807, 2.05) is 6.92 Å². The maximum Gasteiger partial charge on any atom is 0.225 e. The molecule has 0 saturated carbocycles. The van der Waals surface area contributed by atoms with E-state index in [0.29, 0.717) is 30.9 Å². The molecule has 0 bridgehead atoms. The number of anilines is 1. The van der Waals surface area contributed by atoms with Crippen molar-refractivity contribution in [3.63, 3.8) is 0 Å². The van der Waals surface area contributed by atoms with Crippen LogP contribution >= 0.6 is 0 Å². The van der Waals surface area contributed by atoms with Crippen LogP contribution < -0.4 is 15.8 Å². The van der Waals surface area contributed by atoms with Crippen molar-refractivity contribution in [1.82, 2.24) is 9.97 Å². The van der Waals surface area contributed by atoms with E-state index in [1.54, 1.807) is 12.3 Å². The molecule has 0 aromatic carbocycles. The minimum atomic E-state index is 0.124. The molecule has 0 saturated heterocycles. The molecule has 0 radical (unpaired) electrons. The number of aromatic nitrogens is 2. The van der Waals surface area contributed by atoms with Crippen LogP contribution in [0.2, 0.25) is 0 Å². The molecule has 18 heavy (non-hydrogen) atoms. The van der Waals surface area contributed by atoms with Crippen molar-refractivity contribution >= 4 is 5.95 Å². The van der Waals surface area contributed by atoms with E-state index in [-0.39, 0.29) is 6.04 Å². The third kappa shape index (κ3) is 4.49. The van der Waals surface area contributed by atoms with Crippen LogP contribution in [0.25, 0.3) is 0 Å². The van der Waals surface area contributed by atoms with Gasteiger partial charge in [-0.05, 0) is 12.8 Å². The molecular formula is C13H24N4O. The number of ether oxygens (including phenoxy) is 1. The molecule has 0 amide bonds. The zero-order valence-corrected chi connectivity index (χ0v) is 11.5. The smallest absolute Gasteiger partial charge is 0.225 e. The fourth-order valence-electron chi connectivity index (χ4n) is 1.93. The average Bonchev–Trinajstić information content (AvgIpc) is 2.39. The van der Waals surface area contributed by atoms with Crippen molar-refractivity contribution in [2.45, 2.75) is 39.7 Å². The minimum Gasteiger partial charge on any atom is -0.478 e.